The number of hydrogen-bond acceptors (Lipinski definition) is 6. The molecule has 0 unspecified atom stereocenters. The molecule has 0 radical (unpaired) electrons. The molecule has 0 saturated carbocycles. The van der Waals surface area contributed by atoms with Gasteiger partial charge in [-0.2, -0.15) is 0 Å². The Hall–Kier alpha value is -6.76. The van der Waals surface area contributed by atoms with Gasteiger partial charge >= 0.3 is 0 Å². The minimum atomic E-state index is -1.01. The molecule has 0 saturated heterocycles. The Labute approximate surface area is 412 Å². The molecule has 4 heterocycles. The summed E-state index contributed by atoms with van der Waals surface area (Å²) < 4.78 is 7.10. The van der Waals surface area contributed by atoms with Gasteiger partial charge < -0.3 is 29.7 Å². The molecular weight excluding hydrogens is 934 g/mol. The number of imidazole rings is 2. The maximum Gasteiger partial charge on any atom is 0.251 e. The Bertz CT molecular complexity index is 3410. The van der Waals surface area contributed by atoms with Crippen LogP contribution in [0.4, 0.5) is 0 Å². The first-order valence-electron chi connectivity index (χ1n) is 21.4. The van der Waals surface area contributed by atoms with Crippen molar-refractivity contribution in [2.75, 3.05) is 0 Å². The third kappa shape index (κ3) is 8.34. The van der Waals surface area contributed by atoms with Crippen molar-refractivity contribution in [2.24, 2.45) is 39.7 Å². The second-order valence-corrected chi connectivity index (χ2v) is 18.6. The smallest absolute Gasteiger partial charge is 0.251 e. The topological polar surface area (TPSA) is 132 Å². The number of benzene rings is 6. The Kier molecular flexibility index (Phi) is 12.5. The van der Waals surface area contributed by atoms with E-state index in [0.717, 1.165) is 77.7 Å². The fourth-order valence-electron chi connectivity index (χ4n) is 9.03. The van der Waals surface area contributed by atoms with Crippen LogP contribution in [0.2, 0.25) is 20.1 Å². The predicted molar refractivity (Wildman–Crippen MR) is 277 cm³/mol. The van der Waals surface area contributed by atoms with Gasteiger partial charge in [-0.15, -0.1) is 0 Å². The molecule has 0 aliphatic rings. The second kappa shape index (κ2) is 18.4. The SMILES string of the molecule is Cn1cncc1[C@@](N)(c1ccc(Cl)cc1)c1ccc2c(c1)c(-c1cccc(Cl)c1)cc(=O)n2C.Cn1cncc1[C@@](N)(c1ccc(Cl)cc1)c1ccc2c(c1)c(-c1cccc(Cl)c1)cc(=O)n2C. The number of aryl methyl sites for hydroxylation is 4. The lowest BCUT2D eigenvalue weighted by Crippen LogP contribution is -2.41. The standard InChI is InChI=1S/2C27H22Cl2N4O/c2*1-32-16-31-15-25(32)27(30,18-6-9-20(28)10-7-18)19-8-11-24-23(13-19)22(14-26(34)33(24)2)17-4-3-5-21(29)12-17/h2*3-16H,30H2,1-2H3/t2*27-/m11/s1. The fourth-order valence-corrected chi connectivity index (χ4v) is 9.66. The van der Waals surface area contributed by atoms with Crippen molar-refractivity contribution in [1.29, 1.82) is 0 Å². The zero-order valence-corrected chi connectivity index (χ0v) is 40.4. The number of fused-ring (bicyclic) bond motifs is 2. The molecule has 340 valence electrons. The largest absolute Gasteiger partial charge is 0.336 e. The first kappa shape index (κ1) is 46.4. The molecule has 0 fully saturated rings. The van der Waals surface area contributed by atoms with Gasteiger partial charge in [-0.1, -0.05) is 107 Å². The van der Waals surface area contributed by atoms with Crippen molar-refractivity contribution < 1.29 is 0 Å². The zero-order valence-electron chi connectivity index (χ0n) is 37.3. The van der Waals surface area contributed by atoms with E-state index in [0.29, 0.717) is 20.1 Å². The first-order valence-corrected chi connectivity index (χ1v) is 22.9. The molecule has 10 aromatic rings. The van der Waals surface area contributed by atoms with Crippen LogP contribution in [-0.4, -0.2) is 28.2 Å². The van der Waals surface area contributed by atoms with Gasteiger partial charge in [0.2, 0.25) is 0 Å². The monoisotopic (exact) mass is 976 g/mol. The lowest BCUT2D eigenvalue weighted by Gasteiger charge is -2.31. The summed E-state index contributed by atoms with van der Waals surface area (Å²) in [5, 5.41) is 4.26. The van der Waals surface area contributed by atoms with Crippen LogP contribution in [0, 0.1) is 0 Å². The molecule has 0 aliphatic carbocycles. The number of aromatic nitrogens is 6. The van der Waals surface area contributed by atoms with Crippen LogP contribution in [0.5, 0.6) is 0 Å². The van der Waals surface area contributed by atoms with Crippen LogP contribution in [0.1, 0.15) is 33.6 Å². The average molecular weight is 979 g/mol. The summed E-state index contributed by atoms with van der Waals surface area (Å²) in [5.74, 6) is 0. The summed E-state index contributed by atoms with van der Waals surface area (Å²) in [7, 11) is 7.37. The summed E-state index contributed by atoms with van der Waals surface area (Å²) in [4.78, 5) is 34.2. The van der Waals surface area contributed by atoms with Crippen LogP contribution in [-0.2, 0) is 39.3 Å². The minimum Gasteiger partial charge on any atom is -0.336 e. The molecule has 0 bridgehead atoms. The maximum atomic E-state index is 12.8. The van der Waals surface area contributed by atoms with Crippen molar-refractivity contribution in [2.45, 2.75) is 11.1 Å². The Balaban J connectivity index is 0.000000170. The van der Waals surface area contributed by atoms with Crippen molar-refractivity contribution >= 4 is 68.2 Å². The van der Waals surface area contributed by atoms with E-state index in [2.05, 4.69) is 9.97 Å². The van der Waals surface area contributed by atoms with Gasteiger partial charge in [-0.3, -0.25) is 9.59 Å². The van der Waals surface area contributed by atoms with Crippen LogP contribution in [0.25, 0.3) is 44.1 Å². The van der Waals surface area contributed by atoms with Crippen molar-refractivity contribution in [3.8, 4) is 22.3 Å². The molecule has 68 heavy (non-hydrogen) atoms. The number of nitrogens with zero attached hydrogens (tertiary/aromatic N) is 6. The molecule has 10 rings (SSSR count). The second-order valence-electron chi connectivity index (χ2n) is 16.8. The molecule has 14 heteroatoms. The molecule has 4 aromatic heterocycles. The van der Waals surface area contributed by atoms with Crippen LogP contribution in [0.15, 0.2) is 180 Å². The number of pyridine rings is 2. The van der Waals surface area contributed by atoms with Crippen molar-refractivity contribution in [3.63, 3.8) is 0 Å². The van der Waals surface area contributed by atoms with E-state index < -0.39 is 11.1 Å². The van der Waals surface area contributed by atoms with Gasteiger partial charge in [-0.25, -0.2) is 9.97 Å². The fraction of sp³-hybridized carbons (Fsp3) is 0.111. The van der Waals surface area contributed by atoms with E-state index >= 15 is 0 Å². The van der Waals surface area contributed by atoms with Crippen molar-refractivity contribution in [3.05, 3.63) is 245 Å². The van der Waals surface area contributed by atoms with E-state index in [1.807, 2.05) is 157 Å². The lowest BCUT2D eigenvalue weighted by atomic mass is 9.80. The van der Waals surface area contributed by atoms with Crippen molar-refractivity contribution in [1.82, 2.24) is 28.2 Å². The summed E-state index contributed by atoms with van der Waals surface area (Å²) in [5.41, 5.74) is 22.3. The highest BCUT2D eigenvalue weighted by molar-refractivity contribution is 6.31. The van der Waals surface area contributed by atoms with Gasteiger partial charge in [0.15, 0.2) is 0 Å². The third-order valence-corrected chi connectivity index (χ3v) is 13.7. The lowest BCUT2D eigenvalue weighted by molar-refractivity contribution is 0.596. The number of halogens is 4. The summed E-state index contributed by atoms with van der Waals surface area (Å²) in [6, 6.07) is 45.2. The highest BCUT2D eigenvalue weighted by Crippen LogP contribution is 2.40. The molecule has 0 aliphatic heterocycles. The third-order valence-electron chi connectivity index (χ3n) is 12.7. The zero-order chi connectivity index (χ0) is 48.1. The predicted octanol–water partition coefficient (Wildman–Crippen LogP) is 11.0. The molecule has 0 spiro atoms. The van der Waals surface area contributed by atoms with E-state index in [1.54, 1.807) is 60.4 Å². The number of nitrogens with two attached hydrogens (primary N) is 2. The van der Waals surface area contributed by atoms with E-state index in [9.17, 15) is 9.59 Å². The Morgan fingerprint density at radius 2 is 0.809 bits per heavy atom. The quantitative estimate of drug-likeness (QED) is 0.156. The van der Waals surface area contributed by atoms with Gasteiger partial charge in [-0.05, 0) is 117 Å². The number of rotatable bonds is 8. The molecule has 4 N–H and O–H groups in total. The first-order chi connectivity index (χ1) is 32.6. The summed E-state index contributed by atoms with van der Waals surface area (Å²) >= 11 is 24.9. The van der Waals surface area contributed by atoms with Gasteiger partial charge in [0.25, 0.3) is 11.1 Å². The highest BCUT2D eigenvalue weighted by atomic mass is 35.5. The van der Waals surface area contributed by atoms with Crippen LogP contribution >= 0.6 is 46.4 Å². The number of hydrogen-bond donors (Lipinski definition) is 2. The molecule has 2 atom stereocenters. The molecule has 0 amide bonds. The van der Waals surface area contributed by atoms with Crippen LogP contribution in [0.3, 0.4) is 0 Å². The Morgan fingerprint density at radius 1 is 0.441 bits per heavy atom. The van der Waals surface area contributed by atoms with Gasteiger partial charge in [0.05, 0.1) is 47.5 Å². The minimum absolute atomic E-state index is 0.0985. The Morgan fingerprint density at radius 3 is 1.15 bits per heavy atom. The highest BCUT2D eigenvalue weighted by Gasteiger charge is 2.36. The van der Waals surface area contributed by atoms with E-state index in [4.69, 9.17) is 57.9 Å². The van der Waals surface area contributed by atoms with Gasteiger partial charge in [0, 0.05) is 71.2 Å². The normalized spacial score (nSPS) is 13.2. The molecule has 10 nitrogen and oxygen atoms in total. The van der Waals surface area contributed by atoms with E-state index in [1.165, 1.54) is 0 Å². The molecule has 6 aromatic carbocycles. The summed E-state index contributed by atoms with van der Waals surface area (Å²) in [6.45, 7) is 0. The average Bonchev–Trinajstić information content (AvgIpc) is 3.99. The van der Waals surface area contributed by atoms with Gasteiger partial charge in [0.1, 0.15) is 11.1 Å². The van der Waals surface area contributed by atoms with E-state index in [-0.39, 0.29) is 11.1 Å². The maximum absolute atomic E-state index is 12.8. The molecular formula is C54H44Cl4N8O2. The summed E-state index contributed by atoms with van der Waals surface area (Å²) in [6.07, 6.45) is 7.01. The van der Waals surface area contributed by atoms with Crippen LogP contribution < -0.4 is 22.6 Å².